The van der Waals surface area contributed by atoms with E-state index in [1.165, 1.54) is 7.11 Å². The largest absolute Gasteiger partial charge is 0.496 e. The summed E-state index contributed by atoms with van der Waals surface area (Å²) in [6.07, 6.45) is 0. The molecule has 4 aromatic rings. The summed E-state index contributed by atoms with van der Waals surface area (Å²) in [5.41, 5.74) is 5.15. The average molecular weight is 461 g/mol. The number of aryl methyl sites for hydroxylation is 2. The lowest BCUT2D eigenvalue weighted by Crippen LogP contribution is -2.07. The summed E-state index contributed by atoms with van der Waals surface area (Å²) in [6.45, 7) is 7.94. The van der Waals surface area contributed by atoms with E-state index >= 15 is 0 Å². The number of carbonyl (C=O) groups excluding carboxylic acids is 1. The molecule has 0 unspecified atom stereocenters. The first-order valence-corrected chi connectivity index (χ1v) is 10.9. The Labute approximate surface area is 198 Å². The van der Waals surface area contributed by atoms with Gasteiger partial charge < -0.3 is 18.9 Å². The first kappa shape index (κ1) is 23.3. The topological polar surface area (TPSA) is 79.8 Å². The molecule has 0 fully saturated rings. The van der Waals surface area contributed by atoms with Gasteiger partial charge in [0.1, 0.15) is 22.9 Å². The molecular formula is C27H28N2O5. The molecule has 0 aliphatic carbocycles. The third-order valence-electron chi connectivity index (χ3n) is 6.32. The maximum absolute atomic E-state index is 12.5. The molecule has 4 rings (SSSR count). The Hall–Kier alpha value is -3.87. The summed E-state index contributed by atoms with van der Waals surface area (Å²) < 4.78 is 22.0. The molecule has 0 aliphatic heterocycles. The minimum Gasteiger partial charge on any atom is -0.496 e. The molecule has 34 heavy (non-hydrogen) atoms. The van der Waals surface area contributed by atoms with Crippen molar-refractivity contribution < 1.29 is 23.7 Å². The highest BCUT2D eigenvalue weighted by atomic mass is 16.5. The number of methoxy groups -OCH3 is 4. The fraction of sp³-hybridized carbons (Fsp3) is 0.296. The van der Waals surface area contributed by atoms with Crippen LogP contribution in [0.15, 0.2) is 24.3 Å². The highest BCUT2D eigenvalue weighted by Crippen LogP contribution is 2.41. The van der Waals surface area contributed by atoms with Crippen molar-refractivity contribution in [1.82, 2.24) is 9.97 Å². The number of esters is 1. The van der Waals surface area contributed by atoms with E-state index in [1.807, 2.05) is 32.9 Å². The Kier molecular flexibility index (Phi) is 6.04. The van der Waals surface area contributed by atoms with Gasteiger partial charge in [-0.05, 0) is 62.4 Å². The van der Waals surface area contributed by atoms with E-state index in [1.54, 1.807) is 27.4 Å². The predicted molar refractivity (Wildman–Crippen MR) is 132 cm³/mol. The van der Waals surface area contributed by atoms with Crippen molar-refractivity contribution in [3.63, 3.8) is 0 Å². The molecule has 2 heterocycles. The number of carbonyl (C=O) groups is 1. The summed E-state index contributed by atoms with van der Waals surface area (Å²) >= 11 is 0. The number of fused-ring (bicyclic) bond motifs is 2. The number of ether oxygens (including phenoxy) is 4. The second kappa shape index (κ2) is 8.82. The second-order valence-corrected chi connectivity index (χ2v) is 8.22. The van der Waals surface area contributed by atoms with Crippen molar-refractivity contribution in [2.24, 2.45) is 0 Å². The number of hydrogen-bond acceptors (Lipinski definition) is 7. The smallest absolute Gasteiger partial charge is 0.356 e. The molecule has 0 spiro atoms. The van der Waals surface area contributed by atoms with Crippen LogP contribution in [0.3, 0.4) is 0 Å². The third-order valence-corrected chi connectivity index (χ3v) is 6.32. The number of hydrogen-bond donors (Lipinski definition) is 0. The van der Waals surface area contributed by atoms with Crippen LogP contribution in [0, 0.1) is 27.7 Å². The van der Waals surface area contributed by atoms with Gasteiger partial charge in [-0.1, -0.05) is 6.07 Å². The van der Waals surface area contributed by atoms with Crippen LogP contribution in [-0.2, 0) is 4.74 Å². The molecule has 0 saturated carbocycles. The van der Waals surface area contributed by atoms with Gasteiger partial charge in [0, 0.05) is 27.4 Å². The third kappa shape index (κ3) is 3.57. The molecule has 0 aliphatic rings. The number of benzene rings is 2. The van der Waals surface area contributed by atoms with Gasteiger partial charge in [-0.3, -0.25) is 4.98 Å². The summed E-state index contributed by atoms with van der Waals surface area (Å²) in [5.74, 6) is 1.54. The molecule has 2 aromatic heterocycles. The van der Waals surface area contributed by atoms with Crippen LogP contribution in [0.1, 0.15) is 32.9 Å². The Morgan fingerprint density at radius 1 is 0.765 bits per heavy atom. The average Bonchev–Trinajstić information content (AvgIpc) is 2.83. The molecule has 176 valence electrons. The predicted octanol–water partition coefficient (Wildman–Crippen LogP) is 5.50. The first-order valence-electron chi connectivity index (χ1n) is 10.9. The van der Waals surface area contributed by atoms with E-state index in [2.05, 4.69) is 18.0 Å². The number of nitrogens with zero attached hydrogens (tertiary/aromatic N) is 2. The lowest BCUT2D eigenvalue weighted by atomic mass is 9.97. The van der Waals surface area contributed by atoms with E-state index in [9.17, 15) is 4.79 Å². The molecule has 0 amide bonds. The van der Waals surface area contributed by atoms with Gasteiger partial charge in [-0.25, -0.2) is 9.78 Å². The normalized spacial score (nSPS) is 11.1. The van der Waals surface area contributed by atoms with Crippen LogP contribution in [0.2, 0.25) is 0 Å². The maximum Gasteiger partial charge on any atom is 0.356 e. The molecular weight excluding hydrogens is 432 g/mol. The van der Waals surface area contributed by atoms with Gasteiger partial charge >= 0.3 is 5.97 Å². The summed E-state index contributed by atoms with van der Waals surface area (Å²) in [4.78, 5) is 22.1. The van der Waals surface area contributed by atoms with Crippen molar-refractivity contribution in [3.8, 4) is 28.6 Å². The molecule has 0 saturated heterocycles. The zero-order valence-corrected chi connectivity index (χ0v) is 20.7. The Morgan fingerprint density at radius 3 is 2.09 bits per heavy atom. The summed E-state index contributed by atoms with van der Waals surface area (Å²) in [5, 5.41) is 3.41. The minimum atomic E-state index is -0.538. The van der Waals surface area contributed by atoms with Crippen LogP contribution in [-0.4, -0.2) is 44.4 Å². The molecule has 0 radical (unpaired) electrons. The Balaban J connectivity index is 2.15. The quantitative estimate of drug-likeness (QED) is 0.364. The van der Waals surface area contributed by atoms with Crippen molar-refractivity contribution in [3.05, 3.63) is 52.3 Å². The number of aromatic nitrogens is 2. The monoisotopic (exact) mass is 460 g/mol. The van der Waals surface area contributed by atoms with Crippen LogP contribution in [0.4, 0.5) is 0 Å². The van der Waals surface area contributed by atoms with Crippen LogP contribution >= 0.6 is 0 Å². The highest BCUT2D eigenvalue weighted by Gasteiger charge is 2.22. The SMILES string of the molecule is COC(=O)c1cc2c(OC)c(C)c(OC)cc2c(-c2cc3cc(C)c(C)c(OC)c3c(C)n2)n1. The molecule has 7 heteroatoms. The molecule has 0 bridgehead atoms. The van der Waals surface area contributed by atoms with E-state index in [0.717, 1.165) is 49.7 Å². The standard InChI is InChI=1S/C27H28N2O5/c1-13-9-17-10-20(28-16(4)23(17)26(33-7)14(13)2)24-18-12-22(31-5)15(3)25(32-6)19(18)11-21(29-24)27(30)34-8/h9-12H,1-8H3. The maximum atomic E-state index is 12.5. The zero-order valence-electron chi connectivity index (χ0n) is 20.7. The van der Waals surface area contributed by atoms with Crippen molar-refractivity contribution >= 4 is 27.5 Å². The number of rotatable bonds is 5. The zero-order chi connectivity index (χ0) is 24.7. The van der Waals surface area contributed by atoms with E-state index in [4.69, 9.17) is 23.9 Å². The van der Waals surface area contributed by atoms with Crippen LogP contribution in [0.25, 0.3) is 32.9 Å². The van der Waals surface area contributed by atoms with E-state index < -0.39 is 5.97 Å². The van der Waals surface area contributed by atoms with Gasteiger partial charge in [0.25, 0.3) is 0 Å². The lowest BCUT2D eigenvalue weighted by molar-refractivity contribution is 0.0594. The summed E-state index contributed by atoms with van der Waals surface area (Å²) in [6, 6.07) is 7.67. The minimum absolute atomic E-state index is 0.171. The van der Waals surface area contributed by atoms with Gasteiger partial charge in [0.2, 0.25) is 0 Å². The van der Waals surface area contributed by atoms with Crippen LogP contribution in [0.5, 0.6) is 17.2 Å². The van der Waals surface area contributed by atoms with Gasteiger partial charge in [0.15, 0.2) is 0 Å². The fourth-order valence-electron chi connectivity index (χ4n) is 4.51. The first-order chi connectivity index (χ1) is 16.2. The Morgan fingerprint density at radius 2 is 1.47 bits per heavy atom. The summed E-state index contributed by atoms with van der Waals surface area (Å²) in [7, 11) is 6.21. The van der Waals surface area contributed by atoms with Crippen molar-refractivity contribution in [1.29, 1.82) is 0 Å². The molecule has 0 atom stereocenters. The van der Waals surface area contributed by atoms with E-state index in [0.29, 0.717) is 22.9 Å². The molecule has 2 aromatic carbocycles. The van der Waals surface area contributed by atoms with Gasteiger partial charge in [-0.2, -0.15) is 0 Å². The van der Waals surface area contributed by atoms with Crippen molar-refractivity contribution in [2.45, 2.75) is 27.7 Å². The second-order valence-electron chi connectivity index (χ2n) is 8.22. The van der Waals surface area contributed by atoms with E-state index in [-0.39, 0.29) is 5.69 Å². The van der Waals surface area contributed by atoms with Gasteiger partial charge in [0.05, 0.1) is 39.8 Å². The van der Waals surface area contributed by atoms with Gasteiger partial charge in [-0.15, -0.1) is 0 Å². The molecule has 7 nitrogen and oxygen atoms in total. The fourth-order valence-corrected chi connectivity index (χ4v) is 4.51. The molecule has 0 N–H and O–H groups in total. The highest BCUT2D eigenvalue weighted by molar-refractivity contribution is 6.04. The lowest BCUT2D eigenvalue weighted by Gasteiger charge is -2.18. The Bertz CT molecular complexity index is 1460. The number of pyridine rings is 2. The van der Waals surface area contributed by atoms with Crippen LogP contribution < -0.4 is 14.2 Å². The van der Waals surface area contributed by atoms with Crippen molar-refractivity contribution in [2.75, 3.05) is 28.4 Å².